The first-order chi connectivity index (χ1) is 11.2. The molecule has 0 saturated heterocycles. The number of nitrogens with one attached hydrogen (secondary N) is 1. The van der Waals surface area contributed by atoms with Gasteiger partial charge in [-0.1, -0.05) is 42.0 Å². The minimum Gasteiger partial charge on any atom is -0.496 e. The van der Waals surface area contributed by atoms with Crippen LogP contribution in [0.25, 0.3) is 0 Å². The smallest absolute Gasteiger partial charge is 0.225 e. The fourth-order valence-corrected chi connectivity index (χ4v) is 3.37. The van der Waals surface area contributed by atoms with Gasteiger partial charge in [-0.25, -0.2) is 0 Å². The Balaban J connectivity index is 1.73. The molecule has 0 fully saturated rings. The van der Waals surface area contributed by atoms with Crippen LogP contribution in [-0.4, -0.2) is 13.0 Å². The number of rotatable bonds is 4. The van der Waals surface area contributed by atoms with Gasteiger partial charge in [-0.15, -0.1) is 0 Å². The van der Waals surface area contributed by atoms with E-state index < -0.39 is 0 Å². The van der Waals surface area contributed by atoms with Crippen molar-refractivity contribution in [2.45, 2.75) is 38.6 Å². The maximum atomic E-state index is 12.5. The summed E-state index contributed by atoms with van der Waals surface area (Å²) in [6, 6.07) is 14.5. The van der Waals surface area contributed by atoms with Crippen molar-refractivity contribution in [1.82, 2.24) is 5.32 Å². The summed E-state index contributed by atoms with van der Waals surface area (Å²) < 4.78 is 5.37. The first-order valence-corrected chi connectivity index (χ1v) is 8.18. The second kappa shape index (κ2) is 6.86. The van der Waals surface area contributed by atoms with Crippen molar-refractivity contribution in [3.05, 3.63) is 64.7 Å². The van der Waals surface area contributed by atoms with Gasteiger partial charge in [0.1, 0.15) is 5.75 Å². The molecule has 0 radical (unpaired) electrons. The van der Waals surface area contributed by atoms with Gasteiger partial charge in [0.2, 0.25) is 5.91 Å². The summed E-state index contributed by atoms with van der Waals surface area (Å²) in [4.78, 5) is 12.5. The zero-order chi connectivity index (χ0) is 16.2. The van der Waals surface area contributed by atoms with Gasteiger partial charge in [0.05, 0.1) is 19.6 Å². The summed E-state index contributed by atoms with van der Waals surface area (Å²) in [6.07, 6.45) is 3.58. The summed E-state index contributed by atoms with van der Waals surface area (Å²) in [5, 5.41) is 3.20. The number of hydrogen-bond acceptors (Lipinski definition) is 2. The normalized spacial score (nSPS) is 16.5. The number of hydrogen-bond donors (Lipinski definition) is 1. The summed E-state index contributed by atoms with van der Waals surface area (Å²) in [6.45, 7) is 2.03. The maximum Gasteiger partial charge on any atom is 0.225 e. The van der Waals surface area contributed by atoms with Crippen LogP contribution in [0.15, 0.2) is 42.5 Å². The van der Waals surface area contributed by atoms with E-state index in [4.69, 9.17) is 4.74 Å². The largest absolute Gasteiger partial charge is 0.496 e. The number of ether oxygens (including phenoxy) is 1. The predicted molar refractivity (Wildman–Crippen MR) is 91.7 cm³/mol. The Bertz CT molecular complexity index is 709. The lowest BCUT2D eigenvalue weighted by Crippen LogP contribution is -2.32. The van der Waals surface area contributed by atoms with Crippen LogP contribution >= 0.6 is 0 Å². The molecule has 1 atom stereocenters. The van der Waals surface area contributed by atoms with Gasteiger partial charge in [0, 0.05) is 5.56 Å². The fraction of sp³-hybridized carbons (Fsp3) is 0.350. The molecule has 3 nitrogen and oxygen atoms in total. The zero-order valence-corrected chi connectivity index (χ0v) is 13.8. The zero-order valence-electron chi connectivity index (χ0n) is 13.8. The average Bonchev–Trinajstić information content (AvgIpc) is 2.55. The number of carbonyl (C=O) groups excluding carboxylic acids is 1. The van der Waals surface area contributed by atoms with E-state index in [9.17, 15) is 4.79 Å². The summed E-state index contributed by atoms with van der Waals surface area (Å²) in [7, 11) is 1.64. The van der Waals surface area contributed by atoms with Crippen LogP contribution in [0.5, 0.6) is 5.75 Å². The highest BCUT2D eigenvalue weighted by Crippen LogP contribution is 2.29. The molecule has 0 heterocycles. The van der Waals surface area contributed by atoms with Crippen molar-refractivity contribution in [1.29, 1.82) is 0 Å². The van der Waals surface area contributed by atoms with Crippen molar-refractivity contribution in [3.8, 4) is 5.75 Å². The lowest BCUT2D eigenvalue weighted by Gasteiger charge is -2.26. The van der Waals surface area contributed by atoms with Crippen LogP contribution in [0.1, 0.15) is 41.1 Å². The Kier molecular flexibility index (Phi) is 4.65. The highest BCUT2D eigenvalue weighted by molar-refractivity contribution is 5.80. The SMILES string of the molecule is COc1ccc(C)cc1CC(=O)N[C@H]1CCCc2ccccc21. The predicted octanol–water partition coefficient (Wildman–Crippen LogP) is 3.74. The maximum absolute atomic E-state index is 12.5. The third kappa shape index (κ3) is 3.55. The molecule has 0 spiro atoms. The molecule has 0 unspecified atom stereocenters. The monoisotopic (exact) mass is 309 g/mol. The number of aryl methyl sites for hydroxylation is 2. The van der Waals surface area contributed by atoms with Crippen LogP contribution < -0.4 is 10.1 Å². The van der Waals surface area contributed by atoms with Crippen LogP contribution in [0.3, 0.4) is 0 Å². The standard InChI is InChI=1S/C20H23NO2/c1-14-10-11-19(23-2)16(12-14)13-20(22)21-18-9-5-7-15-6-3-4-8-17(15)18/h3-4,6,8,10-12,18H,5,7,9,13H2,1-2H3,(H,21,22)/t18-/m0/s1. The van der Waals surface area contributed by atoms with E-state index in [0.717, 1.165) is 36.1 Å². The Morgan fingerprint density at radius 2 is 2.09 bits per heavy atom. The van der Waals surface area contributed by atoms with Crippen LogP contribution in [0.2, 0.25) is 0 Å². The van der Waals surface area contributed by atoms with Crippen molar-refractivity contribution in [2.75, 3.05) is 7.11 Å². The minimum absolute atomic E-state index is 0.0515. The van der Waals surface area contributed by atoms with Gasteiger partial charge in [-0.3, -0.25) is 4.79 Å². The number of methoxy groups -OCH3 is 1. The van der Waals surface area contributed by atoms with E-state index in [1.54, 1.807) is 7.11 Å². The third-order valence-electron chi connectivity index (χ3n) is 4.49. The Labute approximate surface area is 137 Å². The molecular weight excluding hydrogens is 286 g/mol. The molecule has 0 saturated carbocycles. The molecule has 1 aliphatic rings. The summed E-state index contributed by atoms with van der Waals surface area (Å²) >= 11 is 0. The second-order valence-corrected chi connectivity index (χ2v) is 6.20. The molecule has 120 valence electrons. The Morgan fingerprint density at radius 1 is 1.26 bits per heavy atom. The van der Waals surface area contributed by atoms with Crippen molar-refractivity contribution >= 4 is 5.91 Å². The number of carbonyl (C=O) groups is 1. The highest BCUT2D eigenvalue weighted by atomic mass is 16.5. The topological polar surface area (TPSA) is 38.3 Å². The van der Waals surface area contributed by atoms with Crippen molar-refractivity contribution in [3.63, 3.8) is 0 Å². The third-order valence-corrected chi connectivity index (χ3v) is 4.49. The van der Waals surface area contributed by atoms with Crippen LogP contribution in [-0.2, 0) is 17.6 Å². The van der Waals surface area contributed by atoms with Crippen molar-refractivity contribution in [2.24, 2.45) is 0 Å². The van der Waals surface area contributed by atoms with E-state index in [-0.39, 0.29) is 11.9 Å². The highest BCUT2D eigenvalue weighted by Gasteiger charge is 2.21. The van der Waals surface area contributed by atoms with E-state index in [1.807, 2.05) is 31.2 Å². The molecule has 3 rings (SSSR count). The van der Waals surface area contributed by atoms with Crippen LogP contribution in [0.4, 0.5) is 0 Å². The second-order valence-electron chi connectivity index (χ2n) is 6.20. The number of fused-ring (bicyclic) bond motifs is 1. The van der Waals surface area contributed by atoms with Crippen LogP contribution in [0, 0.1) is 6.92 Å². The number of amides is 1. The molecule has 1 N–H and O–H groups in total. The average molecular weight is 309 g/mol. The molecule has 0 aliphatic heterocycles. The number of benzene rings is 2. The molecule has 2 aromatic rings. The molecule has 1 amide bonds. The summed E-state index contributed by atoms with van der Waals surface area (Å²) in [5.41, 5.74) is 4.70. The Hall–Kier alpha value is -2.29. The van der Waals surface area contributed by atoms with Crippen molar-refractivity contribution < 1.29 is 9.53 Å². The quantitative estimate of drug-likeness (QED) is 0.934. The molecule has 2 aromatic carbocycles. The van der Waals surface area contributed by atoms with Gasteiger partial charge in [-0.2, -0.15) is 0 Å². The van der Waals surface area contributed by atoms with E-state index in [1.165, 1.54) is 11.1 Å². The van der Waals surface area contributed by atoms with Gasteiger partial charge in [-0.05, 0) is 43.4 Å². The fourth-order valence-electron chi connectivity index (χ4n) is 3.37. The molecule has 3 heteroatoms. The van der Waals surface area contributed by atoms with Gasteiger partial charge in [0.15, 0.2) is 0 Å². The molecule has 1 aliphatic carbocycles. The minimum atomic E-state index is 0.0515. The lowest BCUT2D eigenvalue weighted by atomic mass is 9.87. The van der Waals surface area contributed by atoms with Gasteiger partial charge >= 0.3 is 0 Å². The summed E-state index contributed by atoms with van der Waals surface area (Å²) in [5.74, 6) is 0.824. The first kappa shape index (κ1) is 15.6. The van der Waals surface area contributed by atoms with E-state index in [0.29, 0.717) is 6.42 Å². The van der Waals surface area contributed by atoms with E-state index in [2.05, 4.69) is 23.5 Å². The first-order valence-electron chi connectivity index (χ1n) is 8.18. The van der Waals surface area contributed by atoms with Gasteiger partial charge in [0.25, 0.3) is 0 Å². The molecule has 0 bridgehead atoms. The lowest BCUT2D eigenvalue weighted by molar-refractivity contribution is -0.121. The molecular formula is C20H23NO2. The molecule has 0 aromatic heterocycles. The molecule has 23 heavy (non-hydrogen) atoms. The Morgan fingerprint density at radius 3 is 2.91 bits per heavy atom. The van der Waals surface area contributed by atoms with E-state index >= 15 is 0 Å². The van der Waals surface area contributed by atoms with Gasteiger partial charge < -0.3 is 10.1 Å².